The summed E-state index contributed by atoms with van der Waals surface area (Å²) in [6.45, 7) is 2.41. The van der Waals surface area contributed by atoms with E-state index in [1.165, 1.54) is 4.90 Å². The van der Waals surface area contributed by atoms with Gasteiger partial charge in [-0.3, -0.25) is 9.59 Å². The first kappa shape index (κ1) is 12.6. The van der Waals surface area contributed by atoms with E-state index in [1.54, 1.807) is 11.8 Å². The number of carbonyl (C=O) groups excluding carboxylic acids is 2. The molecule has 0 spiro atoms. The van der Waals surface area contributed by atoms with Gasteiger partial charge in [0, 0.05) is 11.4 Å². The van der Waals surface area contributed by atoms with Gasteiger partial charge in [0.15, 0.2) is 0 Å². The second-order valence-corrected chi connectivity index (χ2v) is 4.46. The molecule has 0 unspecified atom stereocenters. The molecule has 0 heterocycles. The van der Waals surface area contributed by atoms with Crippen molar-refractivity contribution in [2.45, 2.75) is 18.4 Å². The lowest BCUT2D eigenvalue weighted by molar-refractivity contribution is -0.137. The van der Waals surface area contributed by atoms with Gasteiger partial charge in [-0.2, -0.15) is 0 Å². The number of primary amides is 1. The summed E-state index contributed by atoms with van der Waals surface area (Å²) in [5.41, 5.74) is 5.75. The van der Waals surface area contributed by atoms with E-state index in [4.69, 9.17) is 5.73 Å². The molecule has 2 amide bonds. The molecule has 4 nitrogen and oxygen atoms in total. The minimum Gasteiger partial charge on any atom is -0.361 e. The molecule has 0 fully saturated rings. The molecule has 1 aromatic carbocycles. The molecule has 1 aromatic rings. The Kier molecular flexibility index (Phi) is 4.85. The molecule has 0 aliphatic carbocycles. The summed E-state index contributed by atoms with van der Waals surface area (Å²) in [6, 6.07) is 7.80. The van der Waals surface area contributed by atoms with Crippen LogP contribution in [0.4, 0.5) is 0 Å². The number of amides is 2. The van der Waals surface area contributed by atoms with Crippen LogP contribution in [0, 0.1) is 0 Å². The number of benzene rings is 1. The normalized spacial score (nSPS) is 9.81. The number of nitrogens with two attached hydrogens (primary N) is 1. The molecular formula is C11H14N2O2S. The highest BCUT2D eigenvalue weighted by molar-refractivity contribution is 7.99. The van der Waals surface area contributed by atoms with E-state index in [0.717, 1.165) is 11.3 Å². The second-order valence-electron chi connectivity index (χ2n) is 3.12. The highest BCUT2D eigenvalue weighted by atomic mass is 32.2. The van der Waals surface area contributed by atoms with Gasteiger partial charge < -0.3 is 11.1 Å². The van der Waals surface area contributed by atoms with E-state index in [1.807, 2.05) is 24.3 Å². The van der Waals surface area contributed by atoms with Crippen molar-refractivity contribution in [3.05, 3.63) is 29.8 Å². The van der Waals surface area contributed by atoms with Crippen molar-refractivity contribution in [3.63, 3.8) is 0 Å². The van der Waals surface area contributed by atoms with E-state index >= 15 is 0 Å². The molecule has 3 N–H and O–H groups in total. The van der Waals surface area contributed by atoms with Crippen molar-refractivity contribution in [1.29, 1.82) is 0 Å². The molecule has 0 saturated carbocycles. The maximum Gasteiger partial charge on any atom is 0.309 e. The van der Waals surface area contributed by atoms with Crippen molar-refractivity contribution in [2.24, 2.45) is 5.73 Å². The van der Waals surface area contributed by atoms with Crippen LogP contribution in [0.25, 0.3) is 0 Å². The Morgan fingerprint density at radius 1 is 1.31 bits per heavy atom. The topological polar surface area (TPSA) is 72.2 Å². The zero-order valence-electron chi connectivity index (χ0n) is 9.03. The number of nitrogens with one attached hydrogen (secondary N) is 1. The highest BCUT2D eigenvalue weighted by Gasteiger charge is 2.06. The average Bonchev–Trinajstić information content (AvgIpc) is 2.28. The number of hydrogen-bond acceptors (Lipinski definition) is 3. The molecule has 1 rings (SSSR count). The van der Waals surface area contributed by atoms with Crippen molar-refractivity contribution < 1.29 is 9.59 Å². The van der Waals surface area contributed by atoms with E-state index in [9.17, 15) is 9.59 Å². The first-order valence-electron chi connectivity index (χ1n) is 4.93. The lowest BCUT2D eigenvalue weighted by Crippen LogP contribution is -2.35. The van der Waals surface area contributed by atoms with Gasteiger partial charge in [-0.05, 0) is 23.4 Å². The van der Waals surface area contributed by atoms with Crippen LogP contribution < -0.4 is 11.1 Å². The smallest absolute Gasteiger partial charge is 0.309 e. The van der Waals surface area contributed by atoms with Crippen molar-refractivity contribution in [3.8, 4) is 0 Å². The molecule has 0 atom stereocenters. The zero-order valence-corrected chi connectivity index (χ0v) is 9.84. The summed E-state index contributed by atoms with van der Waals surface area (Å²) in [4.78, 5) is 22.5. The van der Waals surface area contributed by atoms with Crippen molar-refractivity contribution in [2.75, 3.05) is 5.75 Å². The Bertz CT molecular complexity index is 376. The Morgan fingerprint density at radius 2 is 1.94 bits per heavy atom. The van der Waals surface area contributed by atoms with Gasteiger partial charge in [0.2, 0.25) is 0 Å². The third-order valence-electron chi connectivity index (χ3n) is 1.91. The number of thioether (sulfide) groups is 1. The summed E-state index contributed by atoms with van der Waals surface area (Å²) < 4.78 is 0. The fourth-order valence-electron chi connectivity index (χ4n) is 1.14. The Hall–Kier alpha value is -1.49. The SMILES string of the molecule is CCSc1ccc(CNC(=O)C(N)=O)cc1. The van der Waals surface area contributed by atoms with E-state index in [2.05, 4.69) is 12.2 Å². The predicted molar refractivity (Wildman–Crippen MR) is 63.9 cm³/mol. The number of rotatable bonds is 4. The van der Waals surface area contributed by atoms with Crippen LogP contribution in [0.3, 0.4) is 0 Å². The van der Waals surface area contributed by atoms with Gasteiger partial charge in [0.25, 0.3) is 0 Å². The monoisotopic (exact) mass is 238 g/mol. The first-order valence-corrected chi connectivity index (χ1v) is 5.91. The third-order valence-corrected chi connectivity index (χ3v) is 2.81. The summed E-state index contributed by atoms with van der Waals surface area (Å²) in [5.74, 6) is -0.692. The van der Waals surface area contributed by atoms with E-state index in [0.29, 0.717) is 6.54 Å². The van der Waals surface area contributed by atoms with Crippen LogP contribution in [-0.2, 0) is 16.1 Å². The molecule has 16 heavy (non-hydrogen) atoms. The van der Waals surface area contributed by atoms with Gasteiger partial charge in [-0.1, -0.05) is 19.1 Å². The minimum absolute atomic E-state index is 0.318. The van der Waals surface area contributed by atoms with Gasteiger partial charge in [-0.15, -0.1) is 11.8 Å². The molecule has 0 saturated heterocycles. The van der Waals surface area contributed by atoms with Crippen molar-refractivity contribution in [1.82, 2.24) is 5.32 Å². The Labute approximate surface area is 98.6 Å². The largest absolute Gasteiger partial charge is 0.361 e. The minimum atomic E-state index is -0.960. The Morgan fingerprint density at radius 3 is 2.44 bits per heavy atom. The van der Waals surface area contributed by atoms with E-state index in [-0.39, 0.29) is 0 Å². The van der Waals surface area contributed by atoms with Crippen LogP contribution >= 0.6 is 11.8 Å². The fraction of sp³-hybridized carbons (Fsp3) is 0.273. The zero-order chi connectivity index (χ0) is 12.0. The lowest BCUT2D eigenvalue weighted by atomic mass is 10.2. The molecule has 86 valence electrons. The standard InChI is InChI=1S/C11H14N2O2S/c1-2-16-9-5-3-8(4-6-9)7-13-11(15)10(12)14/h3-6H,2,7H2,1H3,(H2,12,14)(H,13,15). The molecule has 5 heteroatoms. The predicted octanol–water partition coefficient (Wildman–Crippen LogP) is 0.900. The summed E-state index contributed by atoms with van der Waals surface area (Å²) in [5, 5.41) is 2.43. The molecule has 0 bridgehead atoms. The maximum absolute atomic E-state index is 10.9. The van der Waals surface area contributed by atoms with Crippen LogP contribution in [-0.4, -0.2) is 17.6 Å². The quantitative estimate of drug-likeness (QED) is 0.604. The van der Waals surface area contributed by atoms with Crippen molar-refractivity contribution >= 4 is 23.6 Å². The van der Waals surface area contributed by atoms with Crippen LogP contribution in [0.2, 0.25) is 0 Å². The number of hydrogen-bond donors (Lipinski definition) is 2. The second kappa shape index (κ2) is 6.17. The molecular weight excluding hydrogens is 224 g/mol. The van der Waals surface area contributed by atoms with Gasteiger partial charge in [-0.25, -0.2) is 0 Å². The fourth-order valence-corrected chi connectivity index (χ4v) is 1.80. The summed E-state index contributed by atoms with van der Waals surface area (Å²) in [7, 11) is 0. The Balaban J connectivity index is 2.49. The van der Waals surface area contributed by atoms with Crippen LogP contribution in [0.15, 0.2) is 29.2 Å². The van der Waals surface area contributed by atoms with E-state index < -0.39 is 11.8 Å². The third kappa shape index (κ3) is 3.94. The van der Waals surface area contributed by atoms with Crippen LogP contribution in [0.1, 0.15) is 12.5 Å². The molecule has 0 radical (unpaired) electrons. The molecule has 0 aromatic heterocycles. The van der Waals surface area contributed by atoms with Crippen LogP contribution in [0.5, 0.6) is 0 Å². The lowest BCUT2D eigenvalue weighted by Gasteiger charge is -2.04. The summed E-state index contributed by atoms with van der Waals surface area (Å²) >= 11 is 1.75. The van der Waals surface area contributed by atoms with Gasteiger partial charge in [0.1, 0.15) is 0 Å². The molecule has 0 aliphatic heterocycles. The molecule has 0 aliphatic rings. The maximum atomic E-state index is 10.9. The summed E-state index contributed by atoms with van der Waals surface area (Å²) in [6.07, 6.45) is 0. The number of carbonyl (C=O) groups is 2. The first-order chi connectivity index (χ1) is 7.63. The highest BCUT2D eigenvalue weighted by Crippen LogP contribution is 2.17. The average molecular weight is 238 g/mol. The van der Waals surface area contributed by atoms with Gasteiger partial charge >= 0.3 is 11.8 Å². The van der Waals surface area contributed by atoms with Gasteiger partial charge in [0.05, 0.1) is 0 Å².